The number of fused-ring (bicyclic) bond motifs is 3. The van der Waals surface area contributed by atoms with Gasteiger partial charge >= 0.3 is 13.2 Å². The first-order valence-electron chi connectivity index (χ1n) is 13.9. The summed E-state index contributed by atoms with van der Waals surface area (Å²) in [6.07, 6.45) is 1.27. The first kappa shape index (κ1) is 28.6. The Balaban J connectivity index is 1.34. The Hall–Kier alpha value is -3.88. The highest BCUT2D eigenvalue weighted by molar-refractivity contribution is 6.56. The first-order chi connectivity index (χ1) is 19.4. The number of phenols is 1. The van der Waals surface area contributed by atoms with Crippen LogP contribution in [-0.4, -0.2) is 48.5 Å². The number of aryl methyl sites for hydroxylation is 1. The number of amides is 1. The third kappa shape index (κ3) is 5.54. The predicted octanol–water partition coefficient (Wildman–Crippen LogP) is 6.46. The zero-order valence-corrected chi connectivity index (χ0v) is 24.4. The number of rotatable bonds is 7. The third-order valence-electron chi connectivity index (χ3n) is 8.44. The fraction of sp³-hybridized carbons (Fsp3) is 0.333. The van der Waals surface area contributed by atoms with Gasteiger partial charge in [-0.1, -0.05) is 54.6 Å². The molecular weight excluding hydrogens is 517 g/mol. The minimum atomic E-state index is -0.733. The van der Waals surface area contributed by atoms with E-state index in [0.29, 0.717) is 11.0 Å². The number of nitrogens with one attached hydrogen (secondary N) is 1. The van der Waals surface area contributed by atoms with E-state index in [2.05, 4.69) is 29.6 Å². The molecule has 0 unspecified atom stereocenters. The molecule has 1 heterocycles. The predicted molar refractivity (Wildman–Crippen MR) is 160 cm³/mol. The topological polar surface area (TPSA) is 94.1 Å². The second-order valence-electron chi connectivity index (χ2n) is 11.8. The van der Waals surface area contributed by atoms with Crippen molar-refractivity contribution in [3.8, 4) is 16.9 Å². The van der Waals surface area contributed by atoms with Gasteiger partial charge in [-0.2, -0.15) is 0 Å². The van der Waals surface area contributed by atoms with Crippen molar-refractivity contribution in [2.75, 3.05) is 13.2 Å². The largest absolute Gasteiger partial charge is 0.507 e. The van der Waals surface area contributed by atoms with E-state index in [0.717, 1.165) is 27.8 Å². The van der Waals surface area contributed by atoms with Crippen LogP contribution < -0.4 is 5.32 Å². The highest BCUT2D eigenvalue weighted by Gasteiger charge is 2.52. The Labute approximate surface area is 241 Å². The second-order valence-corrected chi connectivity index (χ2v) is 11.8. The zero-order valence-electron chi connectivity index (χ0n) is 24.4. The summed E-state index contributed by atoms with van der Waals surface area (Å²) < 4.78 is 18.3. The monoisotopic (exact) mass is 553 g/mol. The lowest BCUT2D eigenvalue weighted by Gasteiger charge is -2.32. The molecule has 7 nitrogen and oxygen atoms in total. The number of hydrogen-bond acceptors (Lipinski definition) is 6. The maximum Gasteiger partial charge on any atom is 0.492 e. The van der Waals surface area contributed by atoms with E-state index in [1.807, 2.05) is 65.0 Å². The van der Waals surface area contributed by atoms with Gasteiger partial charge in [-0.15, -0.1) is 0 Å². The van der Waals surface area contributed by atoms with Crippen LogP contribution in [0.25, 0.3) is 17.2 Å². The molecule has 1 amide bonds. The van der Waals surface area contributed by atoms with Crippen molar-refractivity contribution >= 4 is 25.1 Å². The summed E-state index contributed by atoms with van der Waals surface area (Å²) in [7, 11) is -0.733. The van der Waals surface area contributed by atoms with Crippen molar-refractivity contribution in [1.82, 2.24) is 5.32 Å². The van der Waals surface area contributed by atoms with Crippen LogP contribution in [0.4, 0.5) is 4.79 Å². The van der Waals surface area contributed by atoms with Gasteiger partial charge < -0.3 is 24.5 Å². The molecule has 3 aromatic carbocycles. The van der Waals surface area contributed by atoms with Crippen molar-refractivity contribution in [3.05, 3.63) is 94.0 Å². The normalized spacial score (nSPS) is 17.2. The van der Waals surface area contributed by atoms with Gasteiger partial charge in [0.25, 0.3) is 0 Å². The molecule has 1 saturated heterocycles. The van der Waals surface area contributed by atoms with E-state index >= 15 is 0 Å². The third-order valence-corrected chi connectivity index (χ3v) is 8.44. The number of hydrogen-bond donors (Lipinski definition) is 2. The van der Waals surface area contributed by atoms with Gasteiger partial charge in [0.1, 0.15) is 12.4 Å². The highest BCUT2D eigenvalue weighted by atomic mass is 16.7. The number of Topliss-reactive ketones (excluding diaryl/α,β-unsaturated/α-hetero) is 1. The molecule has 1 fully saturated rings. The number of aromatic hydroxyl groups is 1. The summed E-state index contributed by atoms with van der Waals surface area (Å²) in [5, 5.41) is 13.3. The Morgan fingerprint density at radius 2 is 1.54 bits per heavy atom. The van der Waals surface area contributed by atoms with Crippen LogP contribution in [0.15, 0.2) is 66.1 Å². The summed E-state index contributed by atoms with van der Waals surface area (Å²) in [6, 6.07) is 19.6. The molecule has 0 radical (unpaired) electrons. The van der Waals surface area contributed by atoms with Gasteiger partial charge in [-0.25, -0.2) is 4.79 Å². The summed E-state index contributed by atoms with van der Waals surface area (Å²) in [5.41, 5.74) is 5.83. The van der Waals surface area contributed by atoms with E-state index in [9.17, 15) is 14.7 Å². The van der Waals surface area contributed by atoms with E-state index in [1.54, 1.807) is 12.1 Å². The Bertz CT molecular complexity index is 1480. The van der Waals surface area contributed by atoms with Gasteiger partial charge in [-0.05, 0) is 92.5 Å². The van der Waals surface area contributed by atoms with Gasteiger partial charge in [-0.3, -0.25) is 4.79 Å². The Morgan fingerprint density at radius 3 is 2.10 bits per heavy atom. The molecule has 8 heteroatoms. The molecule has 0 spiro atoms. The molecule has 0 bridgehead atoms. The maximum atomic E-state index is 13.0. The molecule has 0 atom stereocenters. The molecule has 5 rings (SSSR count). The SMILES string of the molecule is CC(=O)c1cc(C)c(C=C(CNC(=O)OCC2c3ccccc3-c3ccccc32)B2OC(C)(C)C(C)(C)O2)cc1O. The average Bonchev–Trinajstić information content (AvgIpc) is 3.35. The van der Waals surface area contributed by atoms with Crippen LogP contribution in [0.2, 0.25) is 0 Å². The molecule has 1 aliphatic carbocycles. The minimum absolute atomic E-state index is 0.0447. The van der Waals surface area contributed by atoms with E-state index in [-0.39, 0.29) is 36.2 Å². The number of benzene rings is 3. The molecule has 0 saturated carbocycles. The van der Waals surface area contributed by atoms with E-state index < -0.39 is 24.4 Å². The van der Waals surface area contributed by atoms with Crippen molar-refractivity contribution < 1.29 is 28.7 Å². The first-order valence-corrected chi connectivity index (χ1v) is 13.9. The molecule has 2 N–H and O–H groups in total. The molecule has 41 heavy (non-hydrogen) atoms. The van der Waals surface area contributed by atoms with Crippen LogP contribution in [0.3, 0.4) is 0 Å². The van der Waals surface area contributed by atoms with E-state index in [4.69, 9.17) is 14.0 Å². The van der Waals surface area contributed by atoms with Gasteiger partial charge in [0.2, 0.25) is 0 Å². The number of phenolic OH excluding ortho intramolecular Hbond substituents is 1. The number of carbonyl (C=O) groups excluding carboxylic acids is 2. The lowest BCUT2D eigenvalue weighted by atomic mass is 9.76. The molecular formula is C33H36BNO6. The summed E-state index contributed by atoms with van der Waals surface area (Å²) in [5.74, 6) is -0.368. The number of ether oxygens (including phenoxy) is 1. The summed E-state index contributed by atoms with van der Waals surface area (Å²) >= 11 is 0. The molecule has 0 aromatic heterocycles. The number of alkyl carbamates (subject to hydrolysis) is 1. The number of ketones is 1. The standard InChI is InChI=1S/C33H36BNO6/c1-20-15-28(21(2)36)30(37)17-22(20)16-23(34-40-32(3,4)33(5,6)41-34)18-35-31(38)39-19-29-26-13-9-7-11-24(26)25-12-8-10-14-27(25)29/h7-17,29,37H,18-19H2,1-6H3,(H,35,38). The average molecular weight is 553 g/mol. The van der Waals surface area contributed by atoms with Crippen molar-refractivity contribution in [2.45, 2.75) is 58.7 Å². The quantitative estimate of drug-likeness (QED) is 0.258. The van der Waals surface area contributed by atoms with Crippen LogP contribution in [0, 0.1) is 6.92 Å². The van der Waals surface area contributed by atoms with Crippen LogP contribution >= 0.6 is 0 Å². The zero-order chi connectivity index (χ0) is 29.5. The Kier molecular flexibility index (Phi) is 7.57. The van der Waals surface area contributed by atoms with Gasteiger partial charge in [0.05, 0.1) is 16.8 Å². The molecule has 1 aliphatic heterocycles. The fourth-order valence-electron chi connectivity index (χ4n) is 5.37. The van der Waals surface area contributed by atoms with Crippen LogP contribution in [-0.2, 0) is 14.0 Å². The van der Waals surface area contributed by atoms with Crippen LogP contribution in [0.1, 0.15) is 73.1 Å². The van der Waals surface area contributed by atoms with Gasteiger partial charge in [0.15, 0.2) is 5.78 Å². The van der Waals surface area contributed by atoms with Crippen molar-refractivity contribution in [2.24, 2.45) is 0 Å². The summed E-state index contributed by atoms with van der Waals surface area (Å²) in [6.45, 7) is 11.4. The lowest BCUT2D eigenvalue weighted by Crippen LogP contribution is -2.41. The van der Waals surface area contributed by atoms with Crippen molar-refractivity contribution in [3.63, 3.8) is 0 Å². The maximum absolute atomic E-state index is 13.0. The Morgan fingerprint density at radius 1 is 0.976 bits per heavy atom. The van der Waals surface area contributed by atoms with Crippen molar-refractivity contribution in [1.29, 1.82) is 0 Å². The van der Waals surface area contributed by atoms with Gasteiger partial charge in [0, 0.05) is 12.5 Å². The highest BCUT2D eigenvalue weighted by Crippen LogP contribution is 2.44. The molecule has 3 aromatic rings. The van der Waals surface area contributed by atoms with E-state index in [1.165, 1.54) is 6.92 Å². The number of carbonyl (C=O) groups is 2. The smallest absolute Gasteiger partial charge is 0.492 e. The second kappa shape index (κ2) is 10.8. The van der Waals surface area contributed by atoms with Crippen LogP contribution in [0.5, 0.6) is 5.75 Å². The molecule has 2 aliphatic rings. The lowest BCUT2D eigenvalue weighted by molar-refractivity contribution is 0.00578. The molecule has 212 valence electrons. The fourth-order valence-corrected chi connectivity index (χ4v) is 5.37. The minimum Gasteiger partial charge on any atom is -0.507 e. The summed E-state index contributed by atoms with van der Waals surface area (Å²) in [4.78, 5) is 24.9.